The third kappa shape index (κ3) is 5.67. The van der Waals surface area contributed by atoms with Crippen LogP contribution in [0.5, 0.6) is 0 Å². The average Bonchev–Trinajstić information content (AvgIpc) is 3.13. The first-order valence-corrected chi connectivity index (χ1v) is 12.4. The van der Waals surface area contributed by atoms with Gasteiger partial charge in [0.15, 0.2) is 0 Å². The number of hydrogen-bond donors (Lipinski definition) is 2. The van der Waals surface area contributed by atoms with Crippen molar-refractivity contribution >= 4 is 26.3 Å². The lowest BCUT2D eigenvalue weighted by atomic mass is 10.0. The average molecular weight is 518 g/mol. The highest BCUT2D eigenvalue weighted by molar-refractivity contribution is 7.28. The number of aryl methyl sites for hydroxylation is 1. The summed E-state index contributed by atoms with van der Waals surface area (Å²) in [5, 5.41) is 13.4. The van der Waals surface area contributed by atoms with Crippen molar-refractivity contribution in [1.29, 1.82) is 0 Å². The molecule has 3 heterocycles. The number of rotatable bonds is 5. The lowest BCUT2D eigenvalue weighted by molar-refractivity contribution is -0.0418. The molecule has 0 bridgehead atoms. The van der Waals surface area contributed by atoms with Gasteiger partial charge in [0, 0.05) is 30.3 Å². The Kier molecular flexibility index (Phi) is 7.61. The number of halogens is 1. The normalized spacial score (nSPS) is 17.4. The van der Waals surface area contributed by atoms with E-state index >= 15 is 4.39 Å². The predicted octanol–water partition coefficient (Wildman–Crippen LogP) is 2.73. The Morgan fingerprint density at radius 2 is 2.14 bits per heavy atom. The summed E-state index contributed by atoms with van der Waals surface area (Å²) in [5.41, 5.74) is 2.75. The van der Waals surface area contributed by atoms with Gasteiger partial charge in [-0.2, -0.15) is 0 Å². The van der Waals surface area contributed by atoms with Crippen LogP contribution < -0.4 is 10.6 Å². The first-order valence-electron chi connectivity index (χ1n) is 11.8. The standard InChI is InChI=1S/C25H33FN5O4P/c1-14-8-20-29-22(21-17(26)9-15(10-19(21)36)23(32)27-5)18(31(20)13-28-14)11-16-12-30(6-7-34-16)24(33)35-25(2,3)4/h8-10,13,16,23,27,32H,6-7,11-12,36H2,1-5H3. The SMILES string of the molecule is CNC(O)c1cc(F)c(-c2nc3cc(C)ncn3c2CC2CN(C(=O)OC(C)(C)C)CCO2)c(P)c1. The van der Waals surface area contributed by atoms with Crippen LogP contribution in [0.1, 0.15) is 44.0 Å². The zero-order valence-corrected chi connectivity index (χ0v) is 22.4. The van der Waals surface area contributed by atoms with E-state index < -0.39 is 17.6 Å². The van der Waals surface area contributed by atoms with Crippen molar-refractivity contribution < 1.29 is 23.8 Å². The minimum atomic E-state index is -0.991. The van der Waals surface area contributed by atoms with Crippen molar-refractivity contribution in [3.05, 3.63) is 47.3 Å². The molecule has 0 saturated carbocycles. The van der Waals surface area contributed by atoms with Crippen LogP contribution >= 0.6 is 9.24 Å². The number of aromatic nitrogens is 3. The molecule has 3 aromatic rings. The molecule has 2 aromatic heterocycles. The first-order chi connectivity index (χ1) is 17.0. The third-order valence-corrected chi connectivity index (χ3v) is 6.39. The fourth-order valence-corrected chi connectivity index (χ4v) is 4.73. The fraction of sp³-hybridized carbons (Fsp3) is 0.480. The number of hydrogen-bond acceptors (Lipinski definition) is 7. The molecule has 4 rings (SSSR count). The van der Waals surface area contributed by atoms with Gasteiger partial charge in [-0.05, 0) is 57.7 Å². The van der Waals surface area contributed by atoms with E-state index in [2.05, 4.69) is 19.5 Å². The molecule has 0 radical (unpaired) electrons. The molecule has 1 fully saturated rings. The van der Waals surface area contributed by atoms with Crippen LogP contribution in [-0.4, -0.2) is 68.9 Å². The monoisotopic (exact) mass is 517 g/mol. The Hall–Kier alpha value is -2.65. The summed E-state index contributed by atoms with van der Waals surface area (Å²) in [7, 11) is 4.14. The van der Waals surface area contributed by atoms with Crippen molar-refractivity contribution in [1.82, 2.24) is 24.6 Å². The third-order valence-electron chi connectivity index (χ3n) is 5.93. The Balaban J connectivity index is 1.72. The van der Waals surface area contributed by atoms with Gasteiger partial charge in [-0.15, -0.1) is 9.24 Å². The van der Waals surface area contributed by atoms with Gasteiger partial charge >= 0.3 is 6.09 Å². The number of fused-ring (bicyclic) bond motifs is 1. The van der Waals surface area contributed by atoms with E-state index in [-0.39, 0.29) is 12.2 Å². The smallest absolute Gasteiger partial charge is 0.410 e. The van der Waals surface area contributed by atoms with E-state index in [1.165, 1.54) is 6.07 Å². The molecule has 1 aromatic carbocycles. The number of ether oxygens (including phenoxy) is 2. The molecule has 1 amide bonds. The number of amides is 1. The molecule has 0 spiro atoms. The molecular weight excluding hydrogens is 484 g/mol. The van der Waals surface area contributed by atoms with Crippen LogP contribution in [0.4, 0.5) is 9.18 Å². The molecule has 11 heteroatoms. The summed E-state index contributed by atoms with van der Waals surface area (Å²) in [6.07, 6.45) is 0.334. The van der Waals surface area contributed by atoms with Crippen LogP contribution in [-0.2, 0) is 15.9 Å². The van der Waals surface area contributed by atoms with Crippen LogP contribution in [0.15, 0.2) is 24.5 Å². The van der Waals surface area contributed by atoms with Crippen molar-refractivity contribution in [2.24, 2.45) is 0 Å². The summed E-state index contributed by atoms with van der Waals surface area (Å²) >= 11 is 0. The van der Waals surface area contributed by atoms with Gasteiger partial charge < -0.3 is 19.5 Å². The minimum Gasteiger partial charge on any atom is -0.444 e. The van der Waals surface area contributed by atoms with E-state index in [4.69, 9.17) is 14.5 Å². The van der Waals surface area contributed by atoms with Gasteiger partial charge in [-0.25, -0.2) is 19.2 Å². The van der Waals surface area contributed by atoms with E-state index in [9.17, 15) is 9.90 Å². The fourth-order valence-electron chi connectivity index (χ4n) is 4.26. The number of carbonyl (C=O) groups is 1. The zero-order chi connectivity index (χ0) is 26.2. The highest BCUT2D eigenvalue weighted by Crippen LogP contribution is 2.30. The topological polar surface area (TPSA) is 101 Å². The second kappa shape index (κ2) is 10.4. The summed E-state index contributed by atoms with van der Waals surface area (Å²) in [6.45, 7) is 8.50. The first kappa shape index (κ1) is 26.4. The maximum absolute atomic E-state index is 15.5. The van der Waals surface area contributed by atoms with Crippen molar-refractivity contribution in [2.75, 3.05) is 26.7 Å². The van der Waals surface area contributed by atoms with Gasteiger partial charge in [-0.1, -0.05) is 0 Å². The van der Waals surface area contributed by atoms with E-state index in [0.29, 0.717) is 53.9 Å². The second-order valence-electron chi connectivity index (χ2n) is 9.95. The number of benzene rings is 1. The van der Waals surface area contributed by atoms with E-state index in [1.807, 2.05) is 38.2 Å². The maximum atomic E-state index is 15.5. The molecule has 3 unspecified atom stereocenters. The van der Waals surface area contributed by atoms with Gasteiger partial charge in [0.2, 0.25) is 0 Å². The van der Waals surface area contributed by atoms with Crippen LogP contribution in [0.2, 0.25) is 0 Å². The summed E-state index contributed by atoms with van der Waals surface area (Å²) in [4.78, 5) is 23.4. The highest BCUT2D eigenvalue weighted by atomic mass is 31.0. The van der Waals surface area contributed by atoms with Crippen LogP contribution in [0.25, 0.3) is 16.9 Å². The van der Waals surface area contributed by atoms with E-state index in [1.54, 1.807) is 24.3 Å². The van der Waals surface area contributed by atoms with Gasteiger partial charge in [-0.3, -0.25) is 9.72 Å². The Bertz CT molecular complexity index is 1250. The zero-order valence-electron chi connectivity index (χ0n) is 21.2. The molecule has 194 valence electrons. The van der Waals surface area contributed by atoms with Crippen LogP contribution in [0, 0.1) is 12.7 Å². The quantitative estimate of drug-likeness (QED) is 0.397. The molecule has 1 aliphatic heterocycles. The van der Waals surface area contributed by atoms with Crippen molar-refractivity contribution in [2.45, 2.75) is 52.0 Å². The molecule has 36 heavy (non-hydrogen) atoms. The molecule has 1 aliphatic rings. The number of aliphatic hydroxyl groups excluding tert-OH is 1. The van der Waals surface area contributed by atoms with E-state index in [0.717, 1.165) is 11.4 Å². The number of carbonyl (C=O) groups excluding carboxylic acids is 1. The molecule has 0 aliphatic carbocycles. The Labute approximate surface area is 212 Å². The maximum Gasteiger partial charge on any atom is 0.410 e. The lowest BCUT2D eigenvalue weighted by Crippen LogP contribution is -2.48. The summed E-state index contributed by atoms with van der Waals surface area (Å²) in [5.74, 6) is -0.499. The largest absolute Gasteiger partial charge is 0.444 e. The van der Waals surface area contributed by atoms with Crippen molar-refractivity contribution in [3.8, 4) is 11.3 Å². The number of imidazole rings is 1. The van der Waals surface area contributed by atoms with Gasteiger partial charge in [0.05, 0.1) is 30.6 Å². The Morgan fingerprint density at radius 3 is 2.81 bits per heavy atom. The highest BCUT2D eigenvalue weighted by Gasteiger charge is 2.30. The molecule has 2 N–H and O–H groups in total. The number of nitrogens with zero attached hydrogens (tertiary/aromatic N) is 4. The minimum absolute atomic E-state index is 0.322. The second-order valence-corrected chi connectivity index (χ2v) is 10.6. The van der Waals surface area contributed by atoms with Gasteiger partial charge in [0.25, 0.3) is 0 Å². The molecule has 1 saturated heterocycles. The Morgan fingerprint density at radius 1 is 1.39 bits per heavy atom. The summed E-state index contributed by atoms with van der Waals surface area (Å²) < 4.78 is 28.8. The van der Waals surface area contributed by atoms with Crippen LogP contribution in [0.3, 0.4) is 0 Å². The predicted molar refractivity (Wildman–Crippen MR) is 138 cm³/mol. The molecule has 3 atom stereocenters. The molecule has 9 nitrogen and oxygen atoms in total. The molecular formula is C25H33FN5O4P. The number of aliphatic hydroxyl groups is 1. The number of nitrogens with one attached hydrogen (secondary N) is 1. The lowest BCUT2D eigenvalue weighted by Gasteiger charge is -2.34. The summed E-state index contributed by atoms with van der Waals surface area (Å²) in [6, 6.07) is 4.85. The van der Waals surface area contributed by atoms with Crippen molar-refractivity contribution in [3.63, 3.8) is 0 Å². The number of morpholine rings is 1. The van der Waals surface area contributed by atoms with Gasteiger partial charge in [0.1, 0.15) is 29.6 Å².